The Morgan fingerprint density at radius 1 is 1.35 bits per heavy atom. The smallest absolute Gasteiger partial charge is 0.242 e. The van der Waals surface area contributed by atoms with Gasteiger partial charge in [-0.25, -0.2) is 0 Å². The Hall–Kier alpha value is -0.570. The van der Waals surface area contributed by atoms with Gasteiger partial charge in [0.05, 0.1) is 12.1 Å². The second-order valence-electron chi connectivity index (χ2n) is 7.27. The van der Waals surface area contributed by atoms with Gasteiger partial charge in [-0.05, 0) is 48.7 Å². The second-order valence-corrected chi connectivity index (χ2v) is 7.27. The van der Waals surface area contributed by atoms with E-state index in [2.05, 4.69) is 68.8 Å². The van der Waals surface area contributed by atoms with Gasteiger partial charge in [-0.2, -0.15) is 0 Å². The molecule has 6 nitrogen and oxygen atoms in total. The Bertz CT molecular complexity index is 423. The summed E-state index contributed by atoms with van der Waals surface area (Å²) in [4.78, 5) is 23.1. The molecule has 0 bridgehead atoms. The first-order valence-corrected chi connectivity index (χ1v) is 8.04. The van der Waals surface area contributed by atoms with Crippen LogP contribution in [0.15, 0.2) is 4.99 Å². The molecule has 0 radical (unpaired) electrons. The highest BCUT2D eigenvalue weighted by Gasteiger charge is 2.40. The van der Waals surface area contributed by atoms with E-state index in [1.807, 2.05) is 4.90 Å². The minimum Gasteiger partial charge on any atom is -0.355 e. The normalized spacial score (nSPS) is 19.9. The van der Waals surface area contributed by atoms with E-state index in [1.54, 1.807) is 7.05 Å². The van der Waals surface area contributed by atoms with Crippen molar-refractivity contribution >= 4 is 35.8 Å². The first kappa shape index (κ1) is 22.4. The third-order valence-electron chi connectivity index (χ3n) is 4.29. The number of rotatable bonds is 4. The molecule has 1 aliphatic rings. The molecule has 23 heavy (non-hydrogen) atoms. The van der Waals surface area contributed by atoms with E-state index >= 15 is 0 Å². The summed E-state index contributed by atoms with van der Waals surface area (Å²) < 4.78 is 0. The van der Waals surface area contributed by atoms with E-state index < -0.39 is 0 Å². The molecule has 136 valence electrons. The summed E-state index contributed by atoms with van der Waals surface area (Å²) in [5, 5.41) is 3.39. The van der Waals surface area contributed by atoms with Gasteiger partial charge in [0.15, 0.2) is 5.96 Å². The fourth-order valence-corrected chi connectivity index (χ4v) is 3.07. The second kappa shape index (κ2) is 9.05. The van der Waals surface area contributed by atoms with Gasteiger partial charge in [0.25, 0.3) is 0 Å². The summed E-state index contributed by atoms with van der Waals surface area (Å²) in [5.74, 6) is 0.966. The molecule has 1 fully saturated rings. The standard InChI is InChI=1S/C16H33N5O.HI/c1-12(2)21-14(22)10-20(11-16(21,4)5)15(17-6)18-9-13(3)19(7)8;/h12-13H,9-11H2,1-8H3,(H,17,18);1H. The van der Waals surface area contributed by atoms with Crippen molar-refractivity contribution in [1.82, 2.24) is 20.0 Å². The van der Waals surface area contributed by atoms with Gasteiger partial charge in [0, 0.05) is 32.2 Å². The summed E-state index contributed by atoms with van der Waals surface area (Å²) in [5.41, 5.74) is -0.200. The molecule has 1 heterocycles. The van der Waals surface area contributed by atoms with Crippen LogP contribution in [0.2, 0.25) is 0 Å². The summed E-state index contributed by atoms with van der Waals surface area (Å²) in [6.07, 6.45) is 0. The zero-order valence-corrected chi connectivity index (χ0v) is 18.2. The molecule has 1 atom stereocenters. The third kappa shape index (κ3) is 5.77. The molecule has 0 aromatic rings. The Labute approximate surface area is 158 Å². The number of aliphatic imine (C=N–C) groups is 1. The van der Waals surface area contributed by atoms with E-state index in [4.69, 9.17) is 0 Å². The van der Waals surface area contributed by atoms with Crippen molar-refractivity contribution in [3.05, 3.63) is 0 Å². The molecule has 0 aromatic heterocycles. The molecule has 0 aliphatic carbocycles. The van der Waals surface area contributed by atoms with Crippen LogP contribution in [0.25, 0.3) is 0 Å². The molecule has 1 aliphatic heterocycles. The lowest BCUT2D eigenvalue weighted by molar-refractivity contribution is -0.145. The molecule has 0 spiro atoms. The molecule has 1 unspecified atom stereocenters. The lowest BCUT2D eigenvalue weighted by atomic mass is 9.96. The first-order valence-electron chi connectivity index (χ1n) is 8.04. The van der Waals surface area contributed by atoms with Crippen LogP contribution in [0.4, 0.5) is 0 Å². The number of likely N-dealkylation sites (N-methyl/N-ethyl adjacent to an activating group) is 1. The highest BCUT2D eigenvalue weighted by atomic mass is 127. The molecule has 1 saturated heterocycles. The number of amides is 1. The van der Waals surface area contributed by atoms with Crippen molar-refractivity contribution in [1.29, 1.82) is 0 Å². The maximum atomic E-state index is 12.5. The van der Waals surface area contributed by atoms with Crippen LogP contribution in [-0.4, -0.2) is 85.0 Å². The summed E-state index contributed by atoms with van der Waals surface area (Å²) in [6.45, 7) is 12.5. The van der Waals surface area contributed by atoms with Crippen LogP contribution in [-0.2, 0) is 4.79 Å². The van der Waals surface area contributed by atoms with Gasteiger partial charge in [-0.1, -0.05) is 0 Å². The van der Waals surface area contributed by atoms with Gasteiger partial charge in [-0.15, -0.1) is 24.0 Å². The molecule has 0 saturated carbocycles. The Kier molecular flexibility index (Phi) is 8.83. The fourth-order valence-electron chi connectivity index (χ4n) is 3.07. The van der Waals surface area contributed by atoms with Crippen molar-refractivity contribution in [3.63, 3.8) is 0 Å². The van der Waals surface area contributed by atoms with Crippen LogP contribution >= 0.6 is 24.0 Å². The summed E-state index contributed by atoms with van der Waals surface area (Å²) >= 11 is 0. The van der Waals surface area contributed by atoms with E-state index in [-0.39, 0.29) is 41.5 Å². The molecule has 7 heteroatoms. The van der Waals surface area contributed by atoms with Crippen molar-refractivity contribution < 1.29 is 4.79 Å². The van der Waals surface area contributed by atoms with E-state index in [9.17, 15) is 4.79 Å². The van der Waals surface area contributed by atoms with Crippen molar-refractivity contribution in [2.45, 2.75) is 52.2 Å². The zero-order chi connectivity index (χ0) is 17.1. The molecule has 1 rings (SSSR count). The predicted molar refractivity (Wildman–Crippen MR) is 108 cm³/mol. The predicted octanol–water partition coefficient (Wildman–Crippen LogP) is 1.46. The highest BCUT2D eigenvalue weighted by molar-refractivity contribution is 14.0. The SMILES string of the molecule is CN=C(NCC(C)N(C)C)N1CC(=O)N(C(C)C)C(C)(C)C1.I. The number of carbonyl (C=O) groups is 1. The monoisotopic (exact) mass is 439 g/mol. The number of hydrogen-bond acceptors (Lipinski definition) is 3. The lowest BCUT2D eigenvalue weighted by Crippen LogP contribution is -2.66. The number of hydrogen-bond donors (Lipinski definition) is 1. The lowest BCUT2D eigenvalue weighted by Gasteiger charge is -2.49. The van der Waals surface area contributed by atoms with Crippen LogP contribution in [0.1, 0.15) is 34.6 Å². The van der Waals surface area contributed by atoms with Gasteiger partial charge in [0.2, 0.25) is 5.91 Å². The molecule has 1 N–H and O–H groups in total. The highest BCUT2D eigenvalue weighted by Crippen LogP contribution is 2.24. The number of nitrogens with one attached hydrogen (secondary N) is 1. The number of guanidine groups is 1. The molecular formula is C16H34IN5O. The number of nitrogens with zero attached hydrogens (tertiary/aromatic N) is 4. The maximum Gasteiger partial charge on any atom is 0.242 e. The zero-order valence-electron chi connectivity index (χ0n) is 15.9. The first-order chi connectivity index (χ1) is 10.1. The van der Waals surface area contributed by atoms with Crippen molar-refractivity contribution in [3.8, 4) is 0 Å². The molecular weight excluding hydrogens is 405 g/mol. The van der Waals surface area contributed by atoms with Gasteiger partial charge in [-0.3, -0.25) is 9.79 Å². The minimum absolute atomic E-state index is 0. The largest absolute Gasteiger partial charge is 0.355 e. The van der Waals surface area contributed by atoms with Gasteiger partial charge in [0.1, 0.15) is 0 Å². The van der Waals surface area contributed by atoms with Crippen LogP contribution in [0, 0.1) is 0 Å². The van der Waals surface area contributed by atoms with E-state index in [0.29, 0.717) is 12.6 Å². The Balaban J connectivity index is 0.00000484. The Morgan fingerprint density at radius 2 is 1.91 bits per heavy atom. The third-order valence-corrected chi connectivity index (χ3v) is 4.29. The fraction of sp³-hybridized carbons (Fsp3) is 0.875. The maximum absolute atomic E-state index is 12.5. The average molecular weight is 439 g/mol. The molecule has 0 aromatic carbocycles. The topological polar surface area (TPSA) is 51.2 Å². The average Bonchev–Trinajstić information content (AvgIpc) is 2.36. The van der Waals surface area contributed by atoms with E-state index in [1.165, 1.54) is 0 Å². The van der Waals surface area contributed by atoms with Crippen molar-refractivity contribution in [2.24, 2.45) is 4.99 Å². The quantitative estimate of drug-likeness (QED) is 0.410. The number of halogens is 1. The Morgan fingerprint density at radius 3 is 2.30 bits per heavy atom. The van der Waals surface area contributed by atoms with Crippen LogP contribution in [0.3, 0.4) is 0 Å². The number of carbonyl (C=O) groups excluding carboxylic acids is 1. The van der Waals surface area contributed by atoms with Gasteiger partial charge < -0.3 is 20.0 Å². The summed E-state index contributed by atoms with van der Waals surface area (Å²) in [7, 11) is 5.89. The number of piperazine rings is 1. The minimum atomic E-state index is -0.200. The molecule has 1 amide bonds. The van der Waals surface area contributed by atoms with Crippen LogP contribution < -0.4 is 5.32 Å². The van der Waals surface area contributed by atoms with E-state index in [0.717, 1.165) is 19.0 Å². The van der Waals surface area contributed by atoms with Crippen LogP contribution in [0.5, 0.6) is 0 Å². The van der Waals surface area contributed by atoms with Gasteiger partial charge >= 0.3 is 0 Å². The summed E-state index contributed by atoms with van der Waals surface area (Å²) in [6, 6.07) is 0.616. The van der Waals surface area contributed by atoms with Crippen molar-refractivity contribution in [2.75, 3.05) is 40.8 Å².